The second-order valence-corrected chi connectivity index (χ2v) is 3.01. The van der Waals surface area contributed by atoms with Gasteiger partial charge in [0.05, 0.1) is 0 Å². The molecule has 0 atom stereocenters. The molecule has 0 spiro atoms. The number of nitrogens with zero attached hydrogens (tertiary/aromatic N) is 1. The molecule has 0 aliphatic heterocycles. The predicted octanol–water partition coefficient (Wildman–Crippen LogP) is 1.67. The van der Waals surface area contributed by atoms with E-state index in [9.17, 15) is 4.79 Å². The van der Waals surface area contributed by atoms with Crippen molar-refractivity contribution in [3.05, 3.63) is 30.1 Å². The third-order valence-corrected chi connectivity index (χ3v) is 1.86. The van der Waals surface area contributed by atoms with Crippen LogP contribution < -0.4 is 5.32 Å². The Hall–Kier alpha value is -1.58. The molecule has 0 bridgehead atoms. The summed E-state index contributed by atoms with van der Waals surface area (Å²) in [5.41, 5.74) is 1.06. The van der Waals surface area contributed by atoms with Gasteiger partial charge >= 0.3 is 6.09 Å². The summed E-state index contributed by atoms with van der Waals surface area (Å²) in [5, 5.41) is 10.6. The van der Waals surface area contributed by atoms with Gasteiger partial charge in [-0.3, -0.25) is 4.98 Å². The number of carbonyl (C=O) groups is 1. The normalized spacial score (nSPS) is 9.71. The number of aryl methyl sites for hydroxylation is 1. The highest BCUT2D eigenvalue weighted by molar-refractivity contribution is 5.64. The van der Waals surface area contributed by atoms with Crippen molar-refractivity contribution in [1.29, 1.82) is 0 Å². The van der Waals surface area contributed by atoms with Crippen LogP contribution in [-0.4, -0.2) is 22.7 Å². The van der Waals surface area contributed by atoms with E-state index < -0.39 is 6.09 Å². The lowest BCUT2D eigenvalue weighted by atomic mass is 10.2. The van der Waals surface area contributed by atoms with Gasteiger partial charge in [0.15, 0.2) is 0 Å². The summed E-state index contributed by atoms with van der Waals surface area (Å²) in [5.74, 6) is 0. The Balaban J connectivity index is 2.08. The first-order valence-electron chi connectivity index (χ1n) is 4.66. The average Bonchev–Trinajstić information content (AvgIpc) is 2.18. The third-order valence-electron chi connectivity index (χ3n) is 1.86. The van der Waals surface area contributed by atoms with Crippen molar-refractivity contribution in [3.63, 3.8) is 0 Å². The molecular weight excluding hydrogens is 180 g/mol. The summed E-state index contributed by atoms with van der Waals surface area (Å²) in [6, 6.07) is 5.82. The number of hydrogen-bond donors (Lipinski definition) is 2. The van der Waals surface area contributed by atoms with Crippen molar-refractivity contribution in [2.24, 2.45) is 0 Å². The maximum atomic E-state index is 10.1. The highest BCUT2D eigenvalue weighted by Gasteiger charge is 1.95. The van der Waals surface area contributed by atoms with E-state index in [1.807, 2.05) is 18.2 Å². The van der Waals surface area contributed by atoms with Gasteiger partial charge in [-0.25, -0.2) is 4.79 Å². The Labute approximate surface area is 83.0 Å². The fourth-order valence-corrected chi connectivity index (χ4v) is 1.17. The van der Waals surface area contributed by atoms with Gasteiger partial charge in [0.1, 0.15) is 0 Å². The van der Waals surface area contributed by atoms with Crippen molar-refractivity contribution in [2.45, 2.75) is 19.3 Å². The Morgan fingerprint density at radius 1 is 1.43 bits per heavy atom. The molecule has 4 heteroatoms. The number of unbranched alkanes of at least 4 members (excludes halogenated alkanes) is 1. The largest absolute Gasteiger partial charge is 0.465 e. The maximum Gasteiger partial charge on any atom is 0.404 e. The van der Waals surface area contributed by atoms with Crippen molar-refractivity contribution >= 4 is 6.09 Å². The van der Waals surface area contributed by atoms with E-state index in [1.165, 1.54) is 0 Å². The number of amides is 1. The molecule has 0 fully saturated rings. The average molecular weight is 194 g/mol. The highest BCUT2D eigenvalue weighted by atomic mass is 16.4. The minimum absolute atomic E-state index is 0.516. The summed E-state index contributed by atoms with van der Waals surface area (Å²) in [6.07, 6.45) is 3.52. The molecule has 0 unspecified atom stereocenters. The minimum Gasteiger partial charge on any atom is -0.465 e. The topological polar surface area (TPSA) is 62.2 Å². The Kier molecular flexibility index (Phi) is 4.47. The number of hydrogen-bond acceptors (Lipinski definition) is 2. The van der Waals surface area contributed by atoms with Crippen molar-refractivity contribution in [1.82, 2.24) is 10.3 Å². The first-order chi connectivity index (χ1) is 6.79. The molecule has 0 aromatic carbocycles. The molecule has 1 aromatic rings. The molecule has 4 nitrogen and oxygen atoms in total. The Morgan fingerprint density at radius 2 is 2.29 bits per heavy atom. The smallest absolute Gasteiger partial charge is 0.404 e. The monoisotopic (exact) mass is 194 g/mol. The Bertz CT molecular complexity index is 275. The molecule has 14 heavy (non-hydrogen) atoms. The van der Waals surface area contributed by atoms with E-state index in [4.69, 9.17) is 5.11 Å². The zero-order chi connectivity index (χ0) is 10.2. The third kappa shape index (κ3) is 4.45. The van der Waals surface area contributed by atoms with Crippen LogP contribution in [0.2, 0.25) is 0 Å². The van der Waals surface area contributed by atoms with Gasteiger partial charge in [0.25, 0.3) is 0 Å². The SMILES string of the molecule is O=C(O)NCCCCc1ccccn1. The maximum absolute atomic E-state index is 10.1. The van der Waals surface area contributed by atoms with E-state index in [-0.39, 0.29) is 0 Å². The first kappa shape index (κ1) is 10.5. The van der Waals surface area contributed by atoms with Crippen LogP contribution in [0.4, 0.5) is 4.79 Å². The lowest BCUT2D eigenvalue weighted by molar-refractivity contribution is 0.194. The van der Waals surface area contributed by atoms with Gasteiger partial charge in [0, 0.05) is 18.4 Å². The van der Waals surface area contributed by atoms with Crippen LogP contribution >= 0.6 is 0 Å². The number of pyridine rings is 1. The summed E-state index contributed by atoms with van der Waals surface area (Å²) in [7, 11) is 0. The fourth-order valence-electron chi connectivity index (χ4n) is 1.17. The van der Waals surface area contributed by atoms with Crippen LogP contribution in [0.15, 0.2) is 24.4 Å². The first-order valence-corrected chi connectivity index (χ1v) is 4.66. The zero-order valence-electron chi connectivity index (χ0n) is 7.94. The van der Waals surface area contributed by atoms with E-state index in [2.05, 4.69) is 10.3 Å². The second-order valence-electron chi connectivity index (χ2n) is 3.01. The van der Waals surface area contributed by atoms with Crippen LogP contribution in [0.3, 0.4) is 0 Å². The summed E-state index contributed by atoms with van der Waals surface area (Å²) >= 11 is 0. The van der Waals surface area contributed by atoms with Gasteiger partial charge in [-0.1, -0.05) is 6.07 Å². The van der Waals surface area contributed by atoms with Crippen LogP contribution in [0, 0.1) is 0 Å². The summed E-state index contributed by atoms with van der Waals surface area (Å²) in [6.45, 7) is 0.516. The highest BCUT2D eigenvalue weighted by Crippen LogP contribution is 2.00. The van der Waals surface area contributed by atoms with Crippen molar-refractivity contribution < 1.29 is 9.90 Å². The zero-order valence-corrected chi connectivity index (χ0v) is 7.94. The molecule has 0 aliphatic rings. The van der Waals surface area contributed by atoms with Crippen LogP contribution in [0.1, 0.15) is 18.5 Å². The molecule has 1 amide bonds. The van der Waals surface area contributed by atoms with Gasteiger partial charge in [-0.05, 0) is 31.4 Å². The molecular formula is C10H14N2O2. The lowest BCUT2D eigenvalue weighted by Crippen LogP contribution is -2.21. The molecule has 1 rings (SSSR count). The molecule has 0 aliphatic carbocycles. The van der Waals surface area contributed by atoms with E-state index in [0.29, 0.717) is 6.54 Å². The molecule has 0 saturated heterocycles. The van der Waals surface area contributed by atoms with E-state index in [0.717, 1.165) is 25.0 Å². The standard InChI is InChI=1S/C10H14N2O2/c13-10(14)12-8-4-2-6-9-5-1-3-7-11-9/h1,3,5,7,12H,2,4,6,8H2,(H,13,14). The summed E-state index contributed by atoms with van der Waals surface area (Å²) < 4.78 is 0. The fraction of sp³-hybridized carbons (Fsp3) is 0.400. The van der Waals surface area contributed by atoms with Crippen molar-refractivity contribution in [3.8, 4) is 0 Å². The second kappa shape index (κ2) is 5.96. The van der Waals surface area contributed by atoms with E-state index >= 15 is 0 Å². The number of aromatic nitrogens is 1. The predicted molar refractivity (Wildman–Crippen MR) is 53.2 cm³/mol. The van der Waals surface area contributed by atoms with Crippen molar-refractivity contribution in [2.75, 3.05) is 6.54 Å². The number of rotatable bonds is 5. The van der Waals surface area contributed by atoms with Crippen LogP contribution in [0.5, 0.6) is 0 Å². The van der Waals surface area contributed by atoms with Crippen LogP contribution in [-0.2, 0) is 6.42 Å². The minimum atomic E-state index is -0.956. The molecule has 2 N–H and O–H groups in total. The summed E-state index contributed by atoms with van der Waals surface area (Å²) in [4.78, 5) is 14.3. The van der Waals surface area contributed by atoms with Gasteiger partial charge in [0.2, 0.25) is 0 Å². The Morgan fingerprint density at radius 3 is 2.93 bits per heavy atom. The van der Waals surface area contributed by atoms with Gasteiger partial charge in [-0.2, -0.15) is 0 Å². The number of nitrogens with one attached hydrogen (secondary N) is 1. The van der Waals surface area contributed by atoms with Crippen LogP contribution in [0.25, 0.3) is 0 Å². The van der Waals surface area contributed by atoms with E-state index in [1.54, 1.807) is 6.20 Å². The molecule has 76 valence electrons. The number of carboxylic acid groups (broad SMARTS) is 1. The van der Waals surface area contributed by atoms with Gasteiger partial charge < -0.3 is 10.4 Å². The molecule has 1 aromatic heterocycles. The molecule has 0 radical (unpaired) electrons. The van der Waals surface area contributed by atoms with Gasteiger partial charge in [-0.15, -0.1) is 0 Å². The lowest BCUT2D eigenvalue weighted by Gasteiger charge is -2.00. The quantitative estimate of drug-likeness (QED) is 0.701. The molecule has 0 saturated carbocycles. The molecule has 1 heterocycles.